The molecule has 1 unspecified atom stereocenters. The zero-order chi connectivity index (χ0) is 12.4. The topological polar surface area (TPSA) is 86.7 Å². The first-order chi connectivity index (χ1) is 8.09. The second-order valence-electron chi connectivity index (χ2n) is 4.56. The molecule has 1 heterocycles. The first-order valence-electron chi connectivity index (χ1n) is 5.89. The van der Waals surface area contributed by atoms with Crippen LogP contribution in [0.25, 0.3) is 0 Å². The van der Waals surface area contributed by atoms with Crippen molar-refractivity contribution in [1.29, 1.82) is 0 Å². The van der Waals surface area contributed by atoms with Crippen molar-refractivity contribution in [3.05, 3.63) is 0 Å². The molecule has 2 aliphatic rings. The lowest BCUT2D eigenvalue weighted by Crippen LogP contribution is -2.59. The average molecular weight is 240 g/mol. The van der Waals surface area contributed by atoms with Crippen molar-refractivity contribution in [2.45, 2.75) is 31.7 Å². The van der Waals surface area contributed by atoms with Gasteiger partial charge in [-0.1, -0.05) is 6.42 Å². The van der Waals surface area contributed by atoms with Crippen LogP contribution in [0.2, 0.25) is 0 Å². The van der Waals surface area contributed by atoms with E-state index >= 15 is 0 Å². The van der Waals surface area contributed by atoms with Crippen molar-refractivity contribution in [1.82, 2.24) is 10.2 Å². The molecule has 0 bridgehead atoms. The van der Waals surface area contributed by atoms with E-state index in [0.717, 1.165) is 19.3 Å². The summed E-state index contributed by atoms with van der Waals surface area (Å²) in [5.74, 6) is -1.47. The van der Waals surface area contributed by atoms with E-state index in [0.29, 0.717) is 13.1 Å². The molecule has 17 heavy (non-hydrogen) atoms. The van der Waals surface area contributed by atoms with Gasteiger partial charge < -0.3 is 15.3 Å². The van der Waals surface area contributed by atoms with Gasteiger partial charge in [0.15, 0.2) is 0 Å². The van der Waals surface area contributed by atoms with Crippen molar-refractivity contribution < 1.29 is 19.5 Å². The van der Waals surface area contributed by atoms with Crippen LogP contribution in [0.3, 0.4) is 0 Å². The number of hydrogen-bond donors (Lipinski definition) is 2. The third-order valence-corrected chi connectivity index (χ3v) is 3.44. The van der Waals surface area contributed by atoms with E-state index in [-0.39, 0.29) is 24.2 Å². The Labute approximate surface area is 99.0 Å². The van der Waals surface area contributed by atoms with E-state index < -0.39 is 12.0 Å². The standard InChI is InChI=1S/C11H16N2O4/c14-9(15)6-8-10(16)12-4-5-13(8)11(17)7-2-1-3-7/h7-8H,1-6H2,(H,12,16)(H,14,15). The number of carbonyl (C=O) groups excluding carboxylic acids is 2. The number of nitrogens with one attached hydrogen (secondary N) is 1. The normalized spacial score (nSPS) is 25.1. The summed E-state index contributed by atoms with van der Waals surface area (Å²) in [6.45, 7) is 0.826. The molecule has 94 valence electrons. The molecule has 0 radical (unpaired) electrons. The largest absolute Gasteiger partial charge is 0.481 e. The summed E-state index contributed by atoms with van der Waals surface area (Å²) in [4.78, 5) is 35.8. The third-order valence-electron chi connectivity index (χ3n) is 3.44. The number of amides is 2. The molecule has 0 aromatic heterocycles. The van der Waals surface area contributed by atoms with E-state index in [2.05, 4.69) is 5.32 Å². The number of carboxylic acids is 1. The SMILES string of the molecule is O=C(O)CC1C(=O)NCCN1C(=O)C1CCC1. The van der Waals surface area contributed by atoms with Crippen molar-refractivity contribution in [3.63, 3.8) is 0 Å². The lowest BCUT2D eigenvalue weighted by atomic mass is 9.83. The molecule has 6 heteroatoms. The van der Waals surface area contributed by atoms with Gasteiger partial charge in [0.05, 0.1) is 6.42 Å². The van der Waals surface area contributed by atoms with Crippen LogP contribution in [-0.2, 0) is 14.4 Å². The summed E-state index contributed by atoms with van der Waals surface area (Å²) in [5, 5.41) is 11.4. The highest BCUT2D eigenvalue weighted by atomic mass is 16.4. The summed E-state index contributed by atoms with van der Waals surface area (Å²) < 4.78 is 0. The Bertz CT molecular complexity index is 351. The van der Waals surface area contributed by atoms with Gasteiger partial charge >= 0.3 is 5.97 Å². The number of rotatable bonds is 3. The number of hydrogen-bond acceptors (Lipinski definition) is 3. The fourth-order valence-corrected chi connectivity index (χ4v) is 2.24. The Hall–Kier alpha value is -1.59. The highest BCUT2D eigenvalue weighted by Gasteiger charge is 2.38. The second-order valence-corrected chi connectivity index (χ2v) is 4.56. The van der Waals surface area contributed by atoms with Crippen LogP contribution in [0.1, 0.15) is 25.7 Å². The fraction of sp³-hybridized carbons (Fsp3) is 0.727. The molecule has 1 aliphatic carbocycles. The Kier molecular flexibility index (Phi) is 3.31. The molecule has 2 amide bonds. The summed E-state index contributed by atoms with van der Waals surface area (Å²) in [5.41, 5.74) is 0. The number of aliphatic carboxylic acids is 1. The highest BCUT2D eigenvalue weighted by Crippen LogP contribution is 2.29. The van der Waals surface area contributed by atoms with Crippen molar-refractivity contribution >= 4 is 17.8 Å². The molecule has 0 aromatic carbocycles. The molecule has 0 spiro atoms. The van der Waals surface area contributed by atoms with Crippen molar-refractivity contribution in [2.75, 3.05) is 13.1 Å². The maximum absolute atomic E-state index is 12.1. The Morgan fingerprint density at radius 2 is 2.12 bits per heavy atom. The second kappa shape index (κ2) is 4.73. The van der Waals surface area contributed by atoms with Gasteiger partial charge in [0, 0.05) is 19.0 Å². The van der Waals surface area contributed by atoms with E-state index in [4.69, 9.17) is 5.11 Å². The third kappa shape index (κ3) is 2.40. The summed E-state index contributed by atoms with van der Waals surface area (Å²) in [6.07, 6.45) is 2.44. The maximum atomic E-state index is 12.1. The van der Waals surface area contributed by atoms with E-state index in [1.807, 2.05) is 0 Å². The lowest BCUT2D eigenvalue weighted by Gasteiger charge is -2.38. The van der Waals surface area contributed by atoms with Crippen molar-refractivity contribution in [2.24, 2.45) is 5.92 Å². The van der Waals surface area contributed by atoms with E-state index in [9.17, 15) is 14.4 Å². The summed E-state index contributed by atoms with van der Waals surface area (Å²) in [6, 6.07) is -0.839. The molecule has 6 nitrogen and oxygen atoms in total. The van der Waals surface area contributed by atoms with Gasteiger partial charge in [0.2, 0.25) is 11.8 Å². The van der Waals surface area contributed by atoms with Crippen LogP contribution >= 0.6 is 0 Å². The molecule has 2 N–H and O–H groups in total. The number of nitrogens with zero attached hydrogens (tertiary/aromatic N) is 1. The minimum atomic E-state index is -1.06. The molecule has 0 aromatic rings. The maximum Gasteiger partial charge on any atom is 0.305 e. The first kappa shape index (κ1) is 11.9. The van der Waals surface area contributed by atoms with Crippen LogP contribution in [0.5, 0.6) is 0 Å². The van der Waals surface area contributed by atoms with Crippen LogP contribution in [-0.4, -0.2) is 46.9 Å². The van der Waals surface area contributed by atoms with Gasteiger partial charge in [-0.15, -0.1) is 0 Å². The van der Waals surface area contributed by atoms with Gasteiger partial charge in [-0.25, -0.2) is 0 Å². The van der Waals surface area contributed by atoms with E-state index in [1.165, 1.54) is 4.90 Å². The Balaban J connectivity index is 2.07. The van der Waals surface area contributed by atoms with Gasteiger partial charge in [-0.05, 0) is 12.8 Å². The summed E-state index contributed by atoms with van der Waals surface area (Å²) in [7, 11) is 0. The predicted octanol–water partition coefficient (Wildman–Crippen LogP) is -0.412. The molecule has 2 rings (SSSR count). The Morgan fingerprint density at radius 3 is 2.65 bits per heavy atom. The molecule has 1 atom stereocenters. The quantitative estimate of drug-likeness (QED) is 0.702. The van der Waals surface area contributed by atoms with Gasteiger partial charge in [-0.2, -0.15) is 0 Å². The van der Waals surface area contributed by atoms with Crippen LogP contribution in [0.15, 0.2) is 0 Å². The lowest BCUT2D eigenvalue weighted by molar-refractivity contribution is -0.152. The number of piperazine rings is 1. The monoisotopic (exact) mass is 240 g/mol. The molecular formula is C11H16N2O4. The van der Waals surface area contributed by atoms with Gasteiger partial charge in [-0.3, -0.25) is 14.4 Å². The smallest absolute Gasteiger partial charge is 0.305 e. The zero-order valence-electron chi connectivity index (χ0n) is 9.52. The number of carboxylic acid groups (broad SMARTS) is 1. The summed E-state index contributed by atoms with van der Waals surface area (Å²) >= 11 is 0. The highest BCUT2D eigenvalue weighted by molar-refractivity contribution is 5.92. The first-order valence-corrected chi connectivity index (χ1v) is 5.89. The molecule has 1 aliphatic heterocycles. The zero-order valence-corrected chi connectivity index (χ0v) is 9.52. The molecule has 2 fully saturated rings. The fourth-order valence-electron chi connectivity index (χ4n) is 2.24. The minimum Gasteiger partial charge on any atom is -0.481 e. The predicted molar refractivity (Wildman–Crippen MR) is 58.1 cm³/mol. The van der Waals surface area contributed by atoms with Gasteiger partial charge in [0.25, 0.3) is 0 Å². The molecular weight excluding hydrogens is 224 g/mol. The van der Waals surface area contributed by atoms with Crippen LogP contribution in [0, 0.1) is 5.92 Å². The minimum absolute atomic E-state index is 0.00260. The van der Waals surface area contributed by atoms with E-state index in [1.54, 1.807) is 0 Å². The Morgan fingerprint density at radius 1 is 1.41 bits per heavy atom. The van der Waals surface area contributed by atoms with Gasteiger partial charge in [0.1, 0.15) is 6.04 Å². The molecule has 1 saturated heterocycles. The average Bonchev–Trinajstić information content (AvgIpc) is 2.17. The van der Waals surface area contributed by atoms with Crippen LogP contribution in [0.4, 0.5) is 0 Å². The molecule has 1 saturated carbocycles. The van der Waals surface area contributed by atoms with Crippen molar-refractivity contribution in [3.8, 4) is 0 Å². The van der Waals surface area contributed by atoms with Crippen LogP contribution < -0.4 is 5.32 Å². The number of carbonyl (C=O) groups is 3.